The van der Waals surface area contributed by atoms with E-state index in [1.165, 1.54) is 9.75 Å². The van der Waals surface area contributed by atoms with Crippen molar-refractivity contribution in [1.82, 2.24) is 5.32 Å². The second-order valence-electron chi connectivity index (χ2n) is 6.03. The highest BCUT2D eigenvalue weighted by Gasteiger charge is 2.28. The fraction of sp³-hybridized carbons (Fsp3) is 0.643. The van der Waals surface area contributed by atoms with Crippen LogP contribution in [0.25, 0.3) is 0 Å². The molecule has 0 aromatic carbocycles. The number of aryl methyl sites for hydroxylation is 1. The standard InChI is InChI=1S/C14H24N2O2S/c1-10-6-7-11(19-10)14(5,8-15)9-16-12(17)18-13(2,3)4/h6-7H,8-9,15H2,1-5H3,(H,16,17). The molecule has 5 heteroatoms. The topological polar surface area (TPSA) is 64.3 Å². The zero-order valence-electron chi connectivity index (χ0n) is 12.4. The predicted molar refractivity (Wildman–Crippen MR) is 79.7 cm³/mol. The van der Waals surface area contributed by atoms with Crippen LogP contribution in [0.5, 0.6) is 0 Å². The number of ether oxygens (including phenoxy) is 1. The van der Waals surface area contributed by atoms with E-state index >= 15 is 0 Å². The summed E-state index contributed by atoms with van der Waals surface area (Å²) < 4.78 is 5.23. The highest BCUT2D eigenvalue weighted by atomic mass is 32.1. The Morgan fingerprint density at radius 1 is 1.37 bits per heavy atom. The van der Waals surface area contributed by atoms with Gasteiger partial charge in [-0.2, -0.15) is 0 Å². The number of carbonyl (C=O) groups excluding carboxylic acids is 1. The fourth-order valence-electron chi connectivity index (χ4n) is 1.60. The van der Waals surface area contributed by atoms with Crippen molar-refractivity contribution in [1.29, 1.82) is 0 Å². The summed E-state index contributed by atoms with van der Waals surface area (Å²) in [6, 6.07) is 4.14. The monoisotopic (exact) mass is 284 g/mol. The van der Waals surface area contributed by atoms with Crippen molar-refractivity contribution >= 4 is 17.4 Å². The van der Waals surface area contributed by atoms with Gasteiger partial charge in [-0.3, -0.25) is 0 Å². The van der Waals surface area contributed by atoms with Gasteiger partial charge in [-0.25, -0.2) is 4.79 Å². The minimum atomic E-state index is -0.483. The van der Waals surface area contributed by atoms with Crippen molar-refractivity contribution in [2.24, 2.45) is 5.73 Å². The Labute approximate surface area is 119 Å². The number of hydrogen-bond acceptors (Lipinski definition) is 4. The smallest absolute Gasteiger partial charge is 0.407 e. The summed E-state index contributed by atoms with van der Waals surface area (Å²) in [6.45, 7) is 10.6. The molecule has 0 aliphatic heterocycles. The molecule has 0 saturated carbocycles. The van der Waals surface area contributed by atoms with Gasteiger partial charge in [-0.15, -0.1) is 11.3 Å². The second-order valence-corrected chi connectivity index (χ2v) is 7.32. The Morgan fingerprint density at radius 3 is 2.42 bits per heavy atom. The maximum atomic E-state index is 11.7. The van der Waals surface area contributed by atoms with Crippen LogP contribution in [0.15, 0.2) is 12.1 Å². The molecule has 0 spiro atoms. The molecule has 1 heterocycles. The Kier molecular flexibility index (Phi) is 4.98. The van der Waals surface area contributed by atoms with Gasteiger partial charge < -0.3 is 15.8 Å². The van der Waals surface area contributed by atoms with E-state index in [4.69, 9.17) is 10.5 Å². The van der Waals surface area contributed by atoms with Crippen molar-refractivity contribution in [3.05, 3.63) is 21.9 Å². The highest BCUT2D eigenvalue weighted by molar-refractivity contribution is 7.12. The van der Waals surface area contributed by atoms with Crippen molar-refractivity contribution in [3.8, 4) is 0 Å². The van der Waals surface area contributed by atoms with Crippen LogP contribution in [-0.2, 0) is 10.2 Å². The number of hydrogen-bond donors (Lipinski definition) is 2. The number of alkyl carbamates (subject to hydrolysis) is 1. The molecule has 0 saturated heterocycles. The minimum absolute atomic E-state index is 0.254. The lowest BCUT2D eigenvalue weighted by molar-refractivity contribution is 0.0517. The van der Waals surface area contributed by atoms with E-state index in [2.05, 4.69) is 31.3 Å². The van der Waals surface area contributed by atoms with Gasteiger partial charge in [0.05, 0.1) is 0 Å². The van der Waals surface area contributed by atoms with E-state index < -0.39 is 11.7 Å². The summed E-state index contributed by atoms with van der Waals surface area (Å²) in [6.07, 6.45) is -0.402. The lowest BCUT2D eigenvalue weighted by Crippen LogP contribution is -2.44. The van der Waals surface area contributed by atoms with Crippen LogP contribution in [0.2, 0.25) is 0 Å². The Bertz CT molecular complexity index is 437. The number of carbonyl (C=O) groups is 1. The molecule has 0 bridgehead atoms. The van der Waals surface area contributed by atoms with E-state index in [1.54, 1.807) is 11.3 Å². The Morgan fingerprint density at radius 2 is 2.00 bits per heavy atom. The summed E-state index contributed by atoms with van der Waals surface area (Å²) >= 11 is 1.71. The average Bonchev–Trinajstić information content (AvgIpc) is 2.71. The molecule has 1 aromatic heterocycles. The number of nitrogens with two attached hydrogens (primary N) is 1. The van der Waals surface area contributed by atoms with E-state index in [0.717, 1.165) is 0 Å². The van der Waals surface area contributed by atoms with Gasteiger partial charge >= 0.3 is 6.09 Å². The normalized spacial score (nSPS) is 14.8. The van der Waals surface area contributed by atoms with Crippen LogP contribution in [0, 0.1) is 6.92 Å². The Balaban J connectivity index is 2.65. The third kappa shape index (κ3) is 4.84. The van der Waals surface area contributed by atoms with Crippen molar-refractivity contribution < 1.29 is 9.53 Å². The van der Waals surface area contributed by atoms with Crippen LogP contribution in [0.4, 0.5) is 4.79 Å². The van der Waals surface area contributed by atoms with Gasteiger partial charge in [0.2, 0.25) is 0 Å². The van der Waals surface area contributed by atoms with E-state index in [9.17, 15) is 4.79 Å². The zero-order chi connectivity index (χ0) is 14.7. The molecule has 4 nitrogen and oxygen atoms in total. The van der Waals surface area contributed by atoms with Gasteiger partial charge in [0.1, 0.15) is 5.60 Å². The molecule has 3 N–H and O–H groups in total. The van der Waals surface area contributed by atoms with Crippen LogP contribution < -0.4 is 11.1 Å². The van der Waals surface area contributed by atoms with E-state index in [1.807, 2.05) is 20.8 Å². The van der Waals surface area contributed by atoms with Crippen LogP contribution in [0.3, 0.4) is 0 Å². The van der Waals surface area contributed by atoms with Crippen LogP contribution in [0.1, 0.15) is 37.4 Å². The summed E-state index contributed by atoms with van der Waals surface area (Å²) in [5, 5.41) is 2.80. The summed E-state index contributed by atoms with van der Waals surface area (Å²) in [7, 11) is 0. The number of rotatable bonds is 4. The van der Waals surface area contributed by atoms with Gasteiger partial charge in [0.25, 0.3) is 0 Å². The van der Waals surface area contributed by atoms with Crippen LogP contribution in [-0.4, -0.2) is 24.8 Å². The molecule has 1 unspecified atom stereocenters. The van der Waals surface area contributed by atoms with E-state index in [-0.39, 0.29) is 5.41 Å². The largest absolute Gasteiger partial charge is 0.444 e. The van der Waals surface area contributed by atoms with Gasteiger partial charge in [0, 0.05) is 28.3 Å². The predicted octanol–water partition coefficient (Wildman–Crippen LogP) is 2.80. The van der Waals surface area contributed by atoms with Crippen molar-refractivity contribution in [2.45, 2.75) is 45.6 Å². The molecular formula is C14H24N2O2S. The summed E-state index contributed by atoms with van der Waals surface area (Å²) in [4.78, 5) is 14.1. The SMILES string of the molecule is Cc1ccc(C(C)(CN)CNC(=O)OC(C)(C)C)s1. The lowest BCUT2D eigenvalue weighted by atomic mass is 9.89. The maximum absolute atomic E-state index is 11.7. The van der Waals surface area contributed by atoms with Crippen molar-refractivity contribution in [3.63, 3.8) is 0 Å². The second kappa shape index (κ2) is 5.92. The number of nitrogens with one attached hydrogen (secondary N) is 1. The van der Waals surface area contributed by atoms with Gasteiger partial charge in [-0.1, -0.05) is 6.92 Å². The first kappa shape index (κ1) is 16.0. The Hall–Kier alpha value is -1.07. The quantitative estimate of drug-likeness (QED) is 0.893. The molecular weight excluding hydrogens is 260 g/mol. The third-order valence-electron chi connectivity index (χ3n) is 2.81. The molecule has 1 aromatic rings. The first-order valence-corrected chi connectivity index (χ1v) is 7.22. The van der Waals surface area contributed by atoms with E-state index in [0.29, 0.717) is 13.1 Å². The van der Waals surface area contributed by atoms with Gasteiger partial charge in [0.15, 0.2) is 0 Å². The zero-order valence-corrected chi connectivity index (χ0v) is 13.2. The fourth-order valence-corrected chi connectivity index (χ4v) is 2.62. The molecule has 0 aliphatic rings. The first-order chi connectivity index (χ1) is 8.66. The molecule has 0 radical (unpaired) electrons. The third-order valence-corrected chi connectivity index (χ3v) is 4.11. The molecule has 19 heavy (non-hydrogen) atoms. The highest BCUT2D eigenvalue weighted by Crippen LogP contribution is 2.29. The maximum Gasteiger partial charge on any atom is 0.407 e. The summed E-state index contributed by atoms with van der Waals surface area (Å²) in [5.74, 6) is 0. The molecule has 1 amide bonds. The van der Waals surface area contributed by atoms with Crippen LogP contribution >= 0.6 is 11.3 Å². The summed E-state index contributed by atoms with van der Waals surface area (Å²) in [5.41, 5.74) is 5.14. The molecule has 1 atom stereocenters. The molecule has 0 aliphatic carbocycles. The number of thiophene rings is 1. The first-order valence-electron chi connectivity index (χ1n) is 6.40. The molecule has 1 rings (SSSR count). The molecule has 108 valence electrons. The average molecular weight is 284 g/mol. The van der Waals surface area contributed by atoms with Crippen molar-refractivity contribution in [2.75, 3.05) is 13.1 Å². The number of amides is 1. The minimum Gasteiger partial charge on any atom is -0.444 e. The lowest BCUT2D eigenvalue weighted by Gasteiger charge is -2.28. The van der Waals surface area contributed by atoms with Gasteiger partial charge in [-0.05, 0) is 39.8 Å². The molecule has 0 fully saturated rings.